The molecule has 0 heteroatoms. The van der Waals surface area contributed by atoms with Crippen molar-refractivity contribution in [2.24, 2.45) is 17.8 Å². The SMILES string of the molecule is CC.CC.CC.CC.CC.CC1Cc2ccccc2C1C.CC1Cc2ccccc2CC1C.CCC(C)c1ccc(C)cc1.CCC(C)c1ccc2ccc3ccccc3c2c1.CCc1cccc(C(C)CC)c1. The molecule has 0 saturated carbocycles. The number of hydrogen-bond donors (Lipinski definition) is 0. The van der Waals surface area contributed by atoms with Gasteiger partial charge in [0.25, 0.3) is 0 Å². The number of benzene rings is 7. The van der Waals surface area contributed by atoms with E-state index < -0.39 is 0 Å². The highest BCUT2D eigenvalue weighted by Gasteiger charge is 2.24. The van der Waals surface area contributed by atoms with E-state index in [4.69, 9.17) is 0 Å². The molecule has 7 aromatic carbocycles. The minimum Gasteiger partial charge on any atom is -0.0683 e. The molecule has 7 unspecified atom stereocenters. The molecule has 408 valence electrons. The molecule has 2 aliphatic rings. The van der Waals surface area contributed by atoms with Crippen LogP contribution in [0.3, 0.4) is 0 Å². The first-order chi connectivity index (χ1) is 35.9. The standard InChI is InChI=1S/C18H18.C12H16.C12H18.C11H14.C11H16.5C2H6/c1-3-13(2)16-11-10-15-9-8-14-6-4-5-7-17(14)18(15)12-16;1-9-7-11-5-3-4-6-12(11)8-10(9)2;1-4-10(3)12-8-6-7-11(5-2)9-12;1-8-7-10-5-3-4-6-11(10)9(8)2;1-4-10(3)11-7-5-9(2)6-8-11;5*1-2/h4-13H,3H2,1-2H3;3-6,9-10H,7-8H2,1-2H3;6-10H,4-5H2,1-3H3;3-6,8-9H,7H2,1-2H3;5-8,10H,4H2,1-3H3;5*1-2H3. The first-order valence-electron chi connectivity index (χ1n) is 30.1. The summed E-state index contributed by atoms with van der Waals surface area (Å²) in [5.74, 6) is 5.37. The Kier molecular flexibility index (Phi) is 37.7. The zero-order chi connectivity index (χ0) is 56.2. The maximum absolute atomic E-state index is 2.37. The summed E-state index contributed by atoms with van der Waals surface area (Å²) >= 11 is 0. The molecule has 0 amide bonds. The topological polar surface area (TPSA) is 0 Å². The lowest BCUT2D eigenvalue weighted by Gasteiger charge is -2.27. The van der Waals surface area contributed by atoms with E-state index in [0.717, 1.165) is 30.1 Å². The Morgan fingerprint density at radius 2 is 0.784 bits per heavy atom. The van der Waals surface area contributed by atoms with Crippen LogP contribution in [-0.2, 0) is 25.7 Å². The van der Waals surface area contributed by atoms with Crippen LogP contribution in [0.25, 0.3) is 21.5 Å². The predicted molar refractivity (Wildman–Crippen MR) is 341 cm³/mol. The highest BCUT2D eigenvalue weighted by molar-refractivity contribution is 6.07. The molecule has 74 heavy (non-hydrogen) atoms. The van der Waals surface area contributed by atoms with Gasteiger partial charge in [0, 0.05) is 0 Å². The van der Waals surface area contributed by atoms with Gasteiger partial charge >= 0.3 is 0 Å². The Balaban J connectivity index is 0.000000872. The van der Waals surface area contributed by atoms with Gasteiger partial charge < -0.3 is 0 Å². The Morgan fingerprint density at radius 3 is 1.28 bits per heavy atom. The van der Waals surface area contributed by atoms with Crippen LogP contribution in [0.5, 0.6) is 0 Å². The molecule has 7 atom stereocenters. The fourth-order valence-corrected chi connectivity index (χ4v) is 9.09. The zero-order valence-corrected chi connectivity index (χ0v) is 51.9. The van der Waals surface area contributed by atoms with Gasteiger partial charge in [0.15, 0.2) is 0 Å². The van der Waals surface area contributed by atoms with Gasteiger partial charge in [0.05, 0.1) is 0 Å². The van der Waals surface area contributed by atoms with Crippen molar-refractivity contribution in [3.63, 3.8) is 0 Å². The molecule has 9 rings (SSSR count). The summed E-state index contributed by atoms with van der Waals surface area (Å²) in [6.45, 7) is 47.3. The minimum absolute atomic E-state index is 0.633. The molecule has 0 bridgehead atoms. The van der Waals surface area contributed by atoms with Gasteiger partial charge in [-0.1, -0.05) is 303 Å². The number of rotatable bonds is 7. The molecular weight excluding hydrogens is 889 g/mol. The van der Waals surface area contributed by atoms with Crippen LogP contribution in [0.4, 0.5) is 0 Å². The number of fused-ring (bicyclic) bond motifs is 5. The quantitative estimate of drug-likeness (QED) is 0.140. The smallest absolute Gasteiger partial charge is 0.0103 e. The third kappa shape index (κ3) is 22.5. The van der Waals surface area contributed by atoms with E-state index in [1.165, 1.54) is 87.9 Å². The summed E-state index contributed by atoms with van der Waals surface area (Å²) in [4.78, 5) is 0. The first-order valence-corrected chi connectivity index (χ1v) is 30.1. The number of aryl methyl sites for hydroxylation is 2. The summed E-state index contributed by atoms with van der Waals surface area (Å²) < 4.78 is 0. The van der Waals surface area contributed by atoms with E-state index in [1.54, 1.807) is 22.3 Å². The molecule has 7 aromatic rings. The van der Waals surface area contributed by atoms with Gasteiger partial charge in [-0.25, -0.2) is 0 Å². The molecule has 0 aliphatic heterocycles. The highest BCUT2D eigenvalue weighted by atomic mass is 14.3. The average Bonchev–Trinajstić information content (AvgIpc) is 3.77. The van der Waals surface area contributed by atoms with Gasteiger partial charge in [-0.2, -0.15) is 0 Å². The van der Waals surface area contributed by atoms with Crippen LogP contribution < -0.4 is 0 Å². The fourth-order valence-electron chi connectivity index (χ4n) is 9.09. The van der Waals surface area contributed by atoms with Crippen molar-refractivity contribution in [1.29, 1.82) is 0 Å². The molecule has 0 aromatic heterocycles. The van der Waals surface area contributed by atoms with Crippen molar-refractivity contribution in [3.8, 4) is 0 Å². The second-order valence-corrected chi connectivity index (χ2v) is 19.5. The van der Waals surface area contributed by atoms with Crippen molar-refractivity contribution in [1.82, 2.24) is 0 Å². The normalized spacial score (nSPS) is 16.4. The van der Waals surface area contributed by atoms with E-state index >= 15 is 0 Å². The molecular formula is C74H112. The first kappa shape index (κ1) is 69.1. The van der Waals surface area contributed by atoms with Gasteiger partial charge in [-0.05, 0) is 159 Å². The van der Waals surface area contributed by atoms with E-state index in [2.05, 4.69) is 235 Å². The molecule has 0 saturated heterocycles. The van der Waals surface area contributed by atoms with Gasteiger partial charge in [0.2, 0.25) is 0 Å². The lowest BCUT2D eigenvalue weighted by molar-refractivity contribution is 0.361. The summed E-state index contributed by atoms with van der Waals surface area (Å²) in [6, 6.07) is 55.4. The van der Waals surface area contributed by atoms with Crippen molar-refractivity contribution < 1.29 is 0 Å². The Labute approximate surface area is 459 Å². The molecule has 0 spiro atoms. The van der Waals surface area contributed by atoms with Crippen LogP contribution in [0.2, 0.25) is 0 Å². The van der Waals surface area contributed by atoms with Crippen LogP contribution in [0.1, 0.15) is 238 Å². The Bertz CT molecular complexity index is 2420. The maximum atomic E-state index is 2.37. The third-order valence-electron chi connectivity index (χ3n) is 14.9. The zero-order valence-electron chi connectivity index (χ0n) is 51.9. The predicted octanol–water partition coefficient (Wildman–Crippen LogP) is 23.9. The summed E-state index contributed by atoms with van der Waals surface area (Å²) in [7, 11) is 0. The van der Waals surface area contributed by atoms with E-state index in [0.29, 0.717) is 17.8 Å². The van der Waals surface area contributed by atoms with Crippen molar-refractivity contribution in [2.75, 3.05) is 0 Å². The van der Waals surface area contributed by atoms with Crippen LogP contribution in [-0.4, -0.2) is 0 Å². The van der Waals surface area contributed by atoms with E-state index in [-0.39, 0.29) is 0 Å². The van der Waals surface area contributed by atoms with Crippen molar-refractivity contribution >= 4 is 21.5 Å². The largest absolute Gasteiger partial charge is 0.0683 e. The van der Waals surface area contributed by atoms with Gasteiger partial charge in [0.1, 0.15) is 0 Å². The van der Waals surface area contributed by atoms with E-state index in [1.807, 2.05) is 69.2 Å². The van der Waals surface area contributed by atoms with Crippen LogP contribution in [0.15, 0.2) is 152 Å². The molecule has 0 fully saturated rings. The monoisotopic (exact) mass is 1000 g/mol. The number of hydrogen-bond acceptors (Lipinski definition) is 0. The van der Waals surface area contributed by atoms with Crippen molar-refractivity contribution in [3.05, 3.63) is 202 Å². The Hall–Kier alpha value is -4.94. The second kappa shape index (κ2) is 40.4. The third-order valence-corrected chi connectivity index (χ3v) is 14.9. The summed E-state index contributed by atoms with van der Waals surface area (Å²) in [5, 5.41) is 5.40. The Morgan fingerprint density at radius 1 is 0.378 bits per heavy atom. The maximum Gasteiger partial charge on any atom is -0.0103 e. The average molecular weight is 1000 g/mol. The lowest BCUT2D eigenvalue weighted by Crippen LogP contribution is -2.20. The summed E-state index contributed by atoms with van der Waals surface area (Å²) in [5.41, 5.74) is 13.5. The van der Waals surface area contributed by atoms with Crippen LogP contribution in [0, 0.1) is 24.7 Å². The van der Waals surface area contributed by atoms with Crippen molar-refractivity contribution in [2.45, 2.75) is 221 Å². The fraction of sp³-hybridized carbons (Fsp3) is 0.486. The minimum atomic E-state index is 0.633. The second-order valence-electron chi connectivity index (χ2n) is 19.5. The van der Waals surface area contributed by atoms with Gasteiger partial charge in [-0.15, -0.1) is 0 Å². The highest BCUT2D eigenvalue weighted by Crippen LogP contribution is 2.37. The van der Waals surface area contributed by atoms with E-state index in [9.17, 15) is 0 Å². The lowest BCUT2D eigenvalue weighted by atomic mass is 9.78. The van der Waals surface area contributed by atoms with Gasteiger partial charge in [-0.3, -0.25) is 0 Å². The molecule has 0 radical (unpaired) electrons. The summed E-state index contributed by atoms with van der Waals surface area (Å²) in [6.07, 6.45) is 8.61. The molecule has 0 heterocycles. The molecule has 2 aliphatic carbocycles. The van der Waals surface area contributed by atoms with Crippen LogP contribution >= 0.6 is 0 Å². The molecule has 0 nitrogen and oxygen atoms in total. The molecule has 0 N–H and O–H groups in total.